The molecule has 0 spiro atoms. The number of hydrogen-bond donors (Lipinski definition) is 0. The number of rotatable bonds is 4. The van der Waals surface area contributed by atoms with E-state index >= 15 is 0 Å². The Morgan fingerprint density at radius 1 is 1.32 bits per heavy atom. The van der Waals surface area contributed by atoms with Gasteiger partial charge in [-0.3, -0.25) is 0 Å². The third kappa shape index (κ3) is 2.87. The second-order valence-electron chi connectivity index (χ2n) is 6.20. The maximum absolute atomic E-state index is 14.5. The van der Waals surface area contributed by atoms with E-state index < -0.39 is 11.8 Å². The molecule has 0 N–H and O–H groups in total. The molecule has 128 valence electrons. The zero-order chi connectivity index (χ0) is 17.6. The van der Waals surface area contributed by atoms with E-state index in [9.17, 15) is 9.18 Å². The van der Waals surface area contributed by atoms with Crippen molar-refractivity contribution in [2.45, 2.75) is 19.4 Å². The van der Waals surface area contributed by atoms with Gasteiger partial charge < -0.3 is 4.74 Å². The van der Waals surface area contributed by atoms with Crippen LogP contribution in [0.5, 0.6) is 0 Å². The first kappa shape index (κ1) is 16.0. The van der Waals surface area contributed by atoms with Crippen molar-refractivity contribution in [3.05, 3.63) is 46.7 Å². The van der Waals surface area contributed by atoms with Gasteiger partial charge in [-0.2, -0.15) is 0 Å². The van der Waals surface area contributed by atoms with Crippen molar-refractivity contribution in [2.75, 3.05) is 7.11 Å². The van der Waals surface area contributed by atoms with E-state index in [0.29, 0.717) is 27.6 Å². The first-order chi connectivity index (χ1) is 12.1. The average Bonchev–Trinajstić information content (AvgIpc) is 3.34. The molecule has 1 aliphatic carbocycles. The Balaban J connectivity index is 1.76. The Labute approximate surface area is 148 Å². The third-order valence-electron chi connectivity index (χ3n) is 4.43. The minimum Gasteiger partial charge on any atom is -0.465 e. The van der Waals surface area contributed by atoms with Crippen molar-refractivity contribution < 1.29 is 13.9 Å². The molecule has 0 bridgehead atoms. The van der Waals surface area contributed by atoms with Gasteiger partial charge in [0.1, 0.15) is 11.3 Å². The van der Waals surface area contributed by atoms with E-state index in [-0.39, 0.29) is 5.56 Å². The maximum Gasteiger partial charge on any atom is 0.337 e. The molecule has 1 saturated carbocycles. The molecule has 0 radical (unpaired) electrons. The molecular formula is C18H15ClFN3O2. The Kier molecular flexibility index (Phi) is 3.92. The second kappa shape index (κ2) is 6.11. The van der Waals surface area contributed by atoms with Gasteiger partial charge in [0.25, 0.3) is 0 Å². The molecule has 25 heavy (non-hydrogen) atoms. The summed E-state index contributed by atoms with van der Waals surface area (Å²) < 4.78 is 20.9. The fourth-order valence-corrected chi connectivity index (χ4v) is 3.17. The van der Waals surface area contributed by atoms with Crippen LogP contribution in [0.2, 0.25) is 5.02 Å². The molecule has 1 aliphatic rings. The van der Waals surface area contributed by atoms with Crippen LogP contribution in [0.25, 0.3) is 22.2 Å². The number of esters is 1. The van der Waals surface area contributed by atoms with Crippen LogP contribution in [0, 0.1) is 11.7 Å². The number of halogens is 2. The topological polar surface area (TPSA) is 57.0 Å². The zero-order valence-electron chi connectivity index (χ0n) is 13.5. The van der Waals surface area contributed by atoms with Crippen LogP contribution in [0.4, 0.5) is 4.39 Å². The summed E-state index contributed by atoms with van der Waals surface area (Å²) in [6.45, 7) is 0.828. The quantitative estimate of drug-likeness (QED) is 0.658. The van der Waals surface area contributed by atoms with E-state index in [4.69, 9.17) is 11.6 Å². The highest BCUT2D eigenvalue weighted by atomic mass is 35.5. The van der Waals surface area contributed by atoms with Crippen molar-refractivity contribution in [1.82, 2.24) is 15.0 Å². The predicted octanol–water partition coefficient (Wildman–Crippen LogP) is 4.09. The number of hydrogen-bond acceptors (Lipinski definition) is 4. The second-order valence-corrected chi connectivity index (χ2v) is 6.57. The van der Waals surface area contributed by atoms with Crippen molar-refractivity contribution in [3.63, 3.8) is 0 Å². The van der Waals surface area contributed by atoms with Gasteiger partial charge >= 0.3 is 5.97 Å². The molecule has 4 rings (SSSR count). The SMILES string of the molecule is COC(=O)c1ccc(-c2ccc3c(nnn3CC3CC3)c2Cl)c(F)c1. The number of carbonyl (C=O) groups excluding carboxylic acids is 1. The lowest BCUT2D eigenvalue weighted by atomic mass is 10.0. The van der Waals surface area contributed by atoms with E-state index in [2.05, 4.69) is 15.0 Å². The van der Waals surface area contributed by atoms with Gasteiger partial charge in [0.2, 0.25) is 0 Å². The minimum absolute atomic E-state index is 0.149. The lowest BCUT2D eigenvalue weighted by Crippen LogP contribution is -2.02. The summed E-state index contributed by atoms with van der Waals surface area (Å²) >= 11 is 6.47. The number of benzene rings is 2. The molecule has 3 aromatic rings. The fourth-order valence-electron chi connectivity index (χ4n) is 2.87. The van der Waals surface area contributed by atoms with Gasteiger partial charge in [-0.15, -0.1) is 5.10 Å². The molecule has 1 heterocycles. The first-order valence-corrected chi connectivity index (χ1v) is 8.36. The third-order valence-corrected chi connectivity index (χ3v) is 4.82. The summed E-state index contributed by atoms with van der Waals surface area (Å²) in [5, 5.41) is 8.68. The zero-order valence-corrected chi connectivity index (χ0v) is 14.3. The van der Waals surface area contributed by atoms with Crippen LogP contribution < -0.4 is 0 Å². The van der Waals surface area contributed by atoms with Gasteiger partial charge in [0.05, 0.1) is 23.2 Å². The highest BCUT2D eigenvalue weighted by molar-refractivity contribution is 6.37. The standard InChI is InChI=1S/C18H15ClFN3O2/c1-25-18(24)11-4-5-12(14(20)8-11)13-6-7-15-17(16(13)19)21-22-23(15)9-10-2-3-10/h4-8,10H,2-3,9H2,1H3. The highest BCUT2D eigenvalue weighted by Gasteiger charge is 2.24. The lowest BCUT2D eigenvalue weighted by molar-refractivity contribution is 0.0600. The molecule has 0 unspecified atom stereocenters. The number of ether oxygens (including phenoxy) is 1. The van der Waals surface area contributed by atoms with E-state index in [0.717, 1.165) is 18.1 Å². The van der Waals surface area contributed by atoms with Crippen molar-refractivity contribution in [1.29, 1.82) is 0 Å². The number of fused-ring (bicyclic) bond motifs is 1. The van der Waals surface area contributed by atoms with Crippen LogP contribution in [0.15, 0.2) is 30.3 Å². The summed E-state index contributed by atoms with van der Waals surface area (Å²) in [6, 6.07) is 7.78. The maximum atomic E-state index is 14.5. The summed E-state index contributed by atoms with van der Waals surface area (Å²) in [5.41, 5.74) is 2.36. The van der Waals surface area contributed by atoms with Gasteiger partial charge in [-0.25, -0.2) is 13.9 Å². The number of nitrogens with zero attached hydrogens (tertiary/aromatic N) is 3. The molecule has 0 amide bonds. The molecule has 0 atom stereocenters. The predicted molar refractivity (Wildman–Crippen MR) is 92.0 cm³/mol. The summed E-state index contributed by atoms with van der Waals surface area (Å²) in [6.07, 6.45) is 2.43. The van der Waals surface area contributed by atoms with Crippen LogP contribution in [-0.2, 0) is 11.3 Å². The van der Waals surface area contributed by atoms with Crippen LogP contribution in [0.3, 0.4) is 0 Å². The molecule has 0 saturated heterocycles. The largest absolute Gasteiger partial charge is 0.465 e. The van der Waals surface area contributed by atoms with Crippen LogP contribution >= 0.6 is 11.6 Å². The Morgan fingerprint density at radius 2 is 2.08 bits per heavy atom. The fraction of sp³-hybridized carbons (Fsp3) is 0.278. The highest BCUT2D eigenvalue weighted by Crippen LogP contribution is 2.36. The van der Waals surface area contributed by atoms with Crippen molar-refractivity contribution in [3.8, 4) is 11.1 Å². The van der Waals surface area contributed by atoms with Crippen molar-refractivity contribution in [2.24, 2.45) is 5.92 Å². The van der Waals surface area contributed by atoms with E-state index in [1.54, 1.807) is 6.07 Å². The van der Waals surface area contributed by atoms with Gasteiger partial charge in [0.15, 0.2) is 0 Å². The van der Waals surface area contributed by atoms with E-state index in [1.165, 1.54) is 32.1 Å². The van der Waals surface area contributed by atoms with Gasteiger partial charge in [0, 0.05) is 17.7 Å². The Hall–Kier alpha value is -2.47. The lowest BCUT2D eigenvalue weighted by Gasteiger charge is -2.08. The van der Waals surface area contributed by atoms with Gasteiger partial charge in [-0.1, -0.05) is 28.9 Å². The minimum atomic E-state index is -0.588. The number of methoxy groups -OCH3 is 1. The summed E-state index contributed by atoms with van der Waals surface area (Å²) in [7, 11) is 1.25. The molecule has 1 aromatic heterocycles. The molecule has 1 fully saturated rings. The molecule has 7 heteroatoms. The number of aromatic nitrogens is 3. The van der Waals surface area contributed by atoms with Gasteiger partial charge in [-0.05, 0) is 37.0 Å². The monoisotopic (exact) mass is 359 g/mol. The molecule has 5 nitrogen and oxygen atoms in total. The van der Waals surface area contributed by atoms with E-state index in [1.807, 2.05) is 10.7 Å². The Morgan fingerprint density at radius 3 is 2.76 bits per heavy atom. The average molecular weight is 360 g/mol. The Bertz CT molecular complexity index is 982. The summed E-state index contributed by atoms with van der Waals surface area (Å²) in [5.74, 6) is -0.476. The first-order valence-electron chi connectivity index (χ1n) is 7.98. The smallest absolute Gasteiger partial charge is 0.337 e. The number of carbonyl (C=O) groups is 1. The molecular weight excluding hydrogens is 345 g/mol. The van der Waals surface area contributed by atoms with Crippen molar-refractivity contribution >= 4 is 28.6 Å². The van der Waals surface area contributed by atoms with Crippen LogP contribution in [0.1, 0.15) is 23.2 Å². The molecule has 2 aromatic carbocycles. The normalized spacial score (nSPS) is 14.0. The molecule has 0 aliphatic heterocycles. The summed E-state index contributed by atoms with van der Waals surface area (Å²) in [4.78, 5) is 11.5. The van der Waals surface area contributed by atoms with Crippen LogP contribution in [-0.4, -0.2) is 28.1 Å².